The lowest BCUT2D eigenvalue weighted by atomic mass is 10.4. The van der Waals surface area contributed by atoms with Gasteiger partial charge in [0.25, 0.3) is 0 Å². The van der Waals surface area contributed by atoms with Gasteiger partial charge in [0.2, 0.25) is 0 Å². The van der Waals surface area contributed by atoms with Crippen molar-refractivity contribution >= 4 is 34.4 Å². The second kappa shape index (κ2) is 6.00. The summed E-state index contributed by atoms with van der Waals surface area (Å²) in [5.41, 5.74) is -4.14. The normalized spacial score (nSPS) is 12.0. The Morgan fingerprint density at radius 3 is 2.67 bits per heavy atom. The van der Waals surface area contributed by atoms with Crippen molar-refractivity contribution in [3.63, 3.8) is 0 Å². The highest BCUT2D eigenvalue weighted by Gasteiger charge is 2.27. The van der Waals surface area contributed by atoms with Crippen molar-refractivity contribution in [1.82, 2.24) is 5.32 Å². The lowest BCUT2D eigenvalue weighted by Gasteiger charge is -2.05. The molecule has 0 saturated carbocycles. The van der Waals surface area contributed by atoms with Crippen LogP contribution >= 0.6 is 34.4 Å². The predicted octanol–water partition coefficient (Wildman–Crippen LogP) is 3.23. The average Bonchev–Trinajstić information content (AvgIpc) is 2.49. The van der Waals surface area contributed by atoms with E-state index in [4.69, 9.17) is 4.42 Å². The third-order valence-corrected chi connectivity index (χ3v) is 2.79. The van der Waals surface area contributed by atoms with E-state index in [1.165, 1.54) is 0 Å². The first kappa shape index (κ1) is 13.2. The topological polar surface area (TPSA) is 25.2 Å². The van der Waals surface area contributed by atoms with Gasteiger partial charge in [-0.2, -0.15) is 13.2 Å². The monoisotopic (exact) mass is 351 g/mol. The Morgan fingerprint density at radius 1 is 1.40 bits per heavy atom. The number of hydrogen-bond acceptors (Lipinski definition) is 3. The van der Waals surface area contributed by atoms with Crippen molar-refractivity contribution in [2.24, 2.45) is 0 Å². The van der Waals surface area contributed by atoms with Gasteiger partial charge >= 0.3 is 5.51 Å². The number of rotatable bonds is 5. The van der Waals surface area contributed by atoms with Gasteiger partial charge in [0, 0.05) is 12.3 Å². The lowest BCUT2D eigenvalue weighted by molar-refractivity contribution is -0.0327. The van der Waals surface area contributed by atoms with E-state index in [2.05, 4.69) is 5.32 Å². The number of nitrogens with one attached hydrogen (secondary N) is 1. The van der Waals surface area contributed by atoms with Gasteiger partial charge in [0.15, 0.2) is 3.77 Å². The van der Waals surface area contributed by atoms with Gasteiger partial charge in [-0.25, -0.2) is 0 Å². The van der Waals surface area contributed by atoms with Crippen LogP contribution in [0.4, 0.5) is 13.2 Å². The number of furan rings is 1. The Balaban J connectivity index is 2.07. The molecule has 7 heteroatoms. The maximum atomic E-state index is 11.7. The van der Waals surface area contributed by atoms with Gasteiger partial charge in [0.1, 0.15) is 5.76 Å². The van der Waals surface area contributed by atoms with Crippen molar-refractivity contribution in [2.45, 2.75) is 12.1 Å². The van der Waals surface area contributed by atoms with Crippen molar-refractivity contribution in [1.29, 1.82) is 0 Å². The van der Waals surface area contributed by atoms with Gasteiger partial charge < -0.3 is 9.73 Å². The highest BCUT2D eigenvalue weighted by molar-refractivity contribution is 14.1. The largest absolute Gasteiger partial charge is 0.454 e. The molecule has 15 heavy (non-hydrogen) atoms. The summed E-state index contributed by atoms with van der Waals surface area (Å²) in [4.78, 5) is 0. The molecular weight excluding hydrogens is 342 g/mol. The van der Waals surface area contributed by atoms with E-state index in [0.717, 1.165) is 9.53 Å². The van der Waals surface area contributed by atoms with E-state index in [1.807, 2.05) is 28.7 Å². The highest BCUT2D eigenvalue weighted by atomic mass is 127. The number of hydrogen-bond donors (Lipinski definition) is 1. The highest BCUT2D eigenvalue weighted by Crippen LogP contribution is 2.29. The van der Waals surface area contributed by atoms with E-state index < -0.39 is 5.51 Å². The first-order chi connectivity index (χ1) is 6.97. The molecule has 1 aromatic rings. The van der Waals surface area contributed by atoms with E-state index >= 15 is 0 Å². The van der Waals surface area contributed by atoms with E-state index in [-0.39, 0.29) is 17.5 Å². The predicted molar refractivity (Wildman–Crippen MR) is 61.6 cm³/mol. The molecule has 0 saturated heterocycles. The molecule has 0 spiro atoms. The van der Waals surface area contributed by atoms with Crippen LogP contribution in [-0.2, 0) is 6.54 Å². The van der Waals surface area contributed by atoms with E-state index in [1.54, 1.807) is 6.07 Å². The summed E-state index contributed by atoms with van der Waals surface area (Å²) in [7, 11) is 0. The van der Waals surface area contributed by atoms with Crippen LogP contribution in [0.1, 0.15) is 5.76 Å². The minimum absolute atomic E-state index is 0.0152. The minimum Gasteiger partial charge on any atom is -0.454 e. The molecule has 0 aliphatic carbocycles. The Labute approximate surface area is 103 Å². The van der Waals surface area contributed by atoms with Crippen LogP contribution in [0.3, 0.4) is 0 Å². The Kier molecular flexibility index (Phi) is 5.27. The van der Waals surface area contributed by atoms with E-state index in [9.17, 15) is 13.2 Å². The van der Waals surface area contributed by atoms with Gasteiger partial charge in [-0.3, -0.25) is 0 Å². The maximum absolute atomic E-state index is 11.7. The van der Waals surface area contributed by atoms with Crippen molar-refractivity contribution in [3.8, 4) is 0 Å². The first-order valence-corrected chi connectivity index (χ1v) is 6.19. The molecule has 0 aliphatic heterocycles. The van der Waals surface area contributed by atoms with Gasteiger partial charge in [-0.15, -0.1) is 0 Å². The van der Waals surface area contributed by atoms with Crippen LogP contribution in [0.5, 0.6) is 0 Å². The quantitative estimate of drug-likeness (QED) is 0.652. The summed E-state index contributed by atoms with van der Waals surface area (Å²) in [5, 5.41) is 2.87. The van der Waals surface area contributed by atoms with Crippen molar-refractivity contribution < 1.29 is 17.6 Å². The number of halogens is 4. The lowest BCUT2D eigenvalue weighted by Crippen LogP contribution is -2.18. The van der Waals surface area contributed by atoms with E-state index in [0.29, 0.717) is 13.1 Å². The molecular formula is C8H9F3INOS. The maximum Gasteiger partial charge on any atom is 0.441 e. The number of thioether (sulfide) groups is 1. The molecule has 1 N–H and O–H groups in total. The molecule has 1 rings (SSSR count). The fourth-order valence-corrected chi connectivity index (χ4v) is 1.84. The second-order valence-corrected chi connectivity index (χ2v) is 4.90. The zero-order valence-electron chi connectivity index (χ0n) is 7.60. The van der Waals surface area contributed by atoms with Crippen molar-refractivity contribution in [3.05, 3.63) is 21.7 Å². The van der Waals surface area contributed by atoms with Crippen LogP contribution < -0.4 is 5.32 Å². The molecule has 0 fully saturated rings. The van der Waals surface area contributed by atoms with Gasteiger partial charge in [0.05, 0.1) is 6.54 Å². The fourth-order valence-electron chi connectivity index (χ4n) is 0.897. The molecule has 0 aliphatic rings. The van der Waals surface area contributed by atoms with Crippen LogP contribution in [0, 0.1) is 3.77 Å². The first-order valence-electron chi connectivity index (χ1n) is 4.13. The summed E-state index contributed by atoms with van der Waals surface area (Å²) >= 11 is 2.01. The summed E-state index contributed by atoms with van der Waals surface area (Å²) < 4.78 is 41.2. The van der Waals surface area contributed by atoms with Crippen LogP contribution in [0.15, 0.2) is 16.5 Å². The molecule has 0 unspecified atom stereocenters. The number of alkyl halides is 3. The van der Waals surface area contributed by atoms with Crippen molar-refractivity contribution in [2.75, 3.05) is 12.3 Å². The third-order valence-electron chi connectivity index (χ3n) is 1.47. The summed E-state index contributed by atoms with van der Waals surface area (Å²) in [6.45, 7) is 0.767. The fraction of sp³-hybridized carbons (Fsp3) is 0.500. The molecule has 0 bridgehead atoms. The minimum atomic E-state index is -4.14. The second-order valence-electron chi connectivity index (χ2n) is 2.68. The summed E-state index contributed by atoms with van der Waals surface area (Å²) in [5.74, 6) is 0.748. The average molecular weight is 351 g/mol. The molecule has 2 nitrogen and oxygen atoms in total. The Hall–Kier alpha value is 0.110. The van der Waals surface area contributed by atoms with Crippen LogP contribution in [0.25, 0.3) is 0 Å². The standard InChI is InChI=1S/C8H9F3INOS/c9-8(10,11)15-4-3-13-5-6-1-2-7(12)14-6/h1-2,13H,3-5H2. The summed E-state index contributed by atoms with van der Waals surface area (Å²) in [6.07, 6.45) is 0. The molecule has 86 valence electrons. The Bertz CT molecular complexity index is 302. The van der Waals surface area contributed by atoms with Crippen LogP contribution in [0.2, 0.25) is 0 Å². The van der Waals surface area contributed by atoms with Crippen LogP contribution in [-0.4, -0.2) is 17.8 Å². The SMILES string of the molecule is FC(F)(F)SCCNCc1ccc(I)o1. The smallest absolute Gasteiger partial charge is 0.441 e. The molecule has 0 radical (unpaired) electrons. The molecule has 0 aromatic carbocycles. The van der Waals surface area contributed by atoms with Gasteiger partial charge in [-0.05, 0) is 46.5 Å². The molecule has 0 atom stereocenters. The molecule has 1 heterocycles. The Morgan fingerprint density at radius 2 is 2.13 bits per heavy atom. The molecule has 0 amide bonds. The third kappa shape index (κ3) is 6.31. The summed E-state index contributed by atoms with van der Waals surface area (Å²) in [6, 6.07) is 3.60. The zero-order chi connectivity index (χ0) is 11.3. The molecule has 1 aromatic heterocycles. The zero-order valence-corrected chi connectivity index (χ0v) is 10.6. The van der Waals surface area contributed by atoms with Gasteiger partial charge in [-0.1, -0.05) is 0 Å².